The van der Waals surface area contributed by atoms with Gasteiger partial charge < -0.3 is 18.7 Å². The number of ether oxygens (including phenoxy) is 3. The average Bonchev–Trinajstić information content (AvgIpc) is 3.37. The van der Waals surface area contributed by atoms with Crippen LogP contribution in [0, 0.1) is 13.8 Å². The van der Waals surface area contributed by atoms with Crippen molar-refractivity contribution in [3.63, 3.8) is 0 Å². The van der Waals surface area contributed by atoms with Crippen molar-refractivity contribution in [3.8, 4) is 11.5 Å². The normalized spacial score (nSPS) is 11.2. The summed E-state index contributed by atoms with van der Waals surface area (Å²) in [5.74, 6) is 1.43. The average molecular weight is 451 g/mol. The molecule has 0 unspecified atom stereocenters. The standard InChI is InChI=1S/C24H22N2O5S/c1-15-18(16(2)31-26-15)13-29-20-10-8-17(12-21(20)28-3)9-11-24(27)30-14-23-25-19-6-4-5-7-22(19)32-23/h4-12H,13-14H2,1-3H3. The maximum absolute atomic E-state index is 12.1. The van der Waals surface area contributed by atoms with Crippen molar-refractivity contribution in [2.45, 2.75) is 27.1 Å². The van der Waals surface area contributed by atoms with Crippen LogP contribution in [0.25, 0.3) is 16.3 Å². The number of fused-ring (bicyclic) bond motifs is 1. The van der Waals surface area contributed by atoms with Crippen LogP contribution in [0.4, 0.5) is 0 Å². The van der Waals surface area contributed by atoms with Crippen molar-refractivity contribution in [1.82, 2.24) is 10.1 Å². The molecule has 164 valence electrons. The number of para-hydroxylation sites is 1. The third kappa shape index (κ3) is 4.97. The zero-order chi connectivity index (χ0) is 22.5. The minimum Gasteiger partial charge on any atom is -0.493 e. The number of methoxy groups -OCH3 is 1. The Kier molecular flexibility index (Phi) is 6.51. The van der Waals surface area contributed by atoms with Crippen molar-refractivity contribution in [2.75, 3.05) is 7.11 Å². The first kappa shape index (κ1) is 21.6. The van der Waals surface area contributed by atoms with Gasteiger partial charge in [0.05, 0.1) is 28.6 Å². The van der Waals surface area contributed by atoms with E-state index >= 15 is 0 Å². The number of benzene rings is 2. The summed E-state index contributed by atoms with van der Waals surface area (Å²) in [6.45, 7) is 4.18. The van der Waals surface area contributed by atoms with E-state index in [2.05, 4.69) is 10.1 Å². The van der Waals surface area contributed by atoms with Crippen LogP contribution >= 0.6 is 11.3 Å². The molecule has 0 aliphatic heterocycles. The molecule has 32 heavy (non-hydrogen) atoms. The maximum atomic E-state index is 12.1. The summed E-state index contributed by atoms with van der Waals surface area (Å²) in [6.07, 6.45) is 3.05. The number of aryl methyl sites for hydroxylation is 2. The molecule has 0 bridgehead atoms. The number of nitrogens with zero attached hydrogens (tertiary/aromatic N) is 2. The van der Waals surface area contributed by atoms with Crippen molar-refractivity contribution in [3.05, 3.63) is 76.1 Å². The molecule has 2 aromatic heterocycles. The fourth-order valence-electron chi connectivity index (χ4n) is 3.09. The van der Waals surface area contributed by atoms with Crippen molar-refractivity contribution < 1.29 is 23.5 Å². The second-order valence-electron chi connectivity index (χ2n) is 7.02. The second-order valence-corrected chi connectivity index (χ2v) is 8.13. The summed E-state index contributed by atoms with van der Waals surface area (Å²) in [4.78, 5) is 16.6. The summed E-state index contributed by atoms with van der Waals surface area (Å²) in [5, 5.41) is 4.69. The Bertz CT molecular complexity index is 1220. The van der Waals surface area contributed by atoms with Gasteiger partial charge in [0.2, 0.25) is 0 Å². The highest BCUT2D eigenvalue weighted by atomic mass is 32.1. The first-order valence-corrected chi connectivity index (χ1v) is 10.8. The first-order valence-electron chi connectivity index (χ1n) is 9.95. The molecule has 7 nitrogen and oxygen atoms in total. The van der Waals surface area contributed by atoms with E-state index in [0.29, 0.717) is 18.1 Å². The lowest BCUT2D eigenvalue weighted by atomic mass is 10.2. The van der Waals surface area contributed by atoms with E-state index in [9.17, 15) is 4.79 Å². The van der Waals surface area contributed by atoms with Crippen LogP contribution in [0.2, 0.25) is 0 Å². The fourth-order valence-corrected chi connectivity index (χ4v) is 3.97. The summed E-state index contributed by atoms with van der Waals surface area (Å²) in [7, 11) is 1.57. The van der Waals surface area contributed by atoms with Gasteiger partial charge in [-0.15, -0.1) is 11.3 Å². The van der Waals surface area contributed by atoms with Gasteiger partial charge in [0.15, 0.2) is 11.5 Å². The molecule has 0 amide bonds. The van der Waals surface area contributed by atoms with Gasteiger partial charge in [-0.3, -0.25) is 0 Å². The molecule has 4 rings (SSSR count). The van der Waals surface area contributed by atoms with Crippen LogP contribution < -0.4 is 9.47 Å². The Morgan fingerprint density at radius 1 is 1.12 bits per heavy atom. The lowest BCUT2D eigenvalue weighted by Crippen LogP contribution is -2.01. The molecule has 0 saturated carbocycles. The molecule has 0 saturated heterocycles. The Labute approximate surface area is 189 Å². The third-order valence-corrected chi connectivity index (χ3v) is 5.84. The van der Waals surface area contributed by atoms with Gasteiger partial charge in [-0.1, -0.05) is 23.4 Å². The second kappa shape index (κ2) is 9.65. The number of thiazole rings is 1. The van der Waals surface area contributed by atoms with Crippen LogP contribution in [0.1, 0.15) is 27.6 Å². The van der Waals surface area contributed by atoms with Crippen LogP contribution in [-0.4, -0.2) is 23.2 Å². The molecule has 0 radical (unpaired) electrons. The van der Waals surface area contributed by atoms with Gasteiger partial charge in [-0.25, -0.2) is 9.78 Å². The Hall–Kier alpha value is -3.65. The molecule has 0 aliphatic carbocycles. The van der Waals surface area contributed by atoms with Crippen LogP contribution in [0.15, 0.2) is 53.1 Å². The number of carbonyl (C=O) groups is 1. The van der Waals surface area contributed by atoms with Crippen molar-refractivity contribution in [1.29, 1.82) is 0 Å². The van der Waals surface area contributed by atoms with Crippen LogP contribution in [0.5, 0.6) is 11.5 Å². The van der Waals surface area contributed by atoms with E-state index in [1.807, 2.05) is 44.2 Å². The minimum absolute atomic E-state index is 0.139. The number of hydrogen-bond acceptors (Lipinski definition) is 8. The topological polar surface area (TPSA) is 83.7 Å². The molecule has 0 N–H and O–H groups in total. The van der Waals surface area contributed by atoms with Crippen LogP contribution in [0.3, 0.4) is 0 Å². The van der Waals surface area contributed by atoms with Gasteiger partial charge in [0, 0.05) is 6.08 Å². The van der Waals surface area contributed by atoms with Gasteiger partial charge in [-0.05, 0) is 49.8 Å². The Morgan fingerprint density at radius 3 is 2.72 bits per heavy atom. The number of hydrogen-bond donors (Lipinski definition) is 0. The highest BCUT2D eigenvalue weighted by molar-refractivity contribution is 7.18. The molecule has 0 spiro atoms. The lowest BCUT2D eigenvalue weighted by molar-refractivity contribution is -0.138. The van der Waals surface area contributed by atoms with E-state index in [0.717, 1.165) is 37.8 Å². The molecular formula is C24H22N2O5S. The predicted molar refractivity (Wildman–Crippen MR) is 122 cm³/mol. The Balaban J connectivity index is 1.36. The van der Waals surface area contributed by atoms with E-state index < -0.39 is 5.97 Å². The Morgan fingerprint density at radius 2 is 1.97 bits per heavy atom. The monoisotopic (exact) mass is 450 g/mol. The molecular weight excluding hydrogens is 428 g/mol. The third-order valence-electron chi connectivity index (χ3n) is 4.83. The van der Waals surface area contributed by atoms with Gasteiger partial charge in [0.25, 0.3) is 0 Å². The van der Waals surface area contributed by atoms with Crippen molar-refractivity contribution >= 4 is 33.6 Å². The van der Waals surface area contributed by atoms with E-state index in [4.69, 9.17) is 18.7 Å². The van der Waals surface area contributed by atoms with E-state index in [1.165, 1.54) is 17.4 Å². The van der Waals surface area contributed by atoms with Crippen LogP contribution in [-0.2, 0) is 22.7 Å². The fraction of sp³-hybridized carbons (Fsp3) is 0.208. The highest BCUT2D eigenvalue weighted by Gasteiger charge is 2.12. The molecule has 0 fully saturated rings. The number of esters is 1. The molecule has 2 aromatic carbocycles. The zero-order valence-electron chi connectivity index (χ0n) is 18.0. The summed E-state index contributed by atoms with van der Waals surface area (Å²) in [6, 6.07) is 13.2. The molecule has 0 atom stereocenters. The maximum Gasteiger partial charge on any atom is 0.331 e. The molecule has 8 heteroatoms. The zero-order valence-corrected chi connectivity index (χ0v) is 18.8. The van der Waals surface area contributed by atoms with Gasteiger partial charge >= 0.3 is 5.97 Å². The molecule has 4 aromatic rings. The number of aromatic nitrogens is 2. The minimum atomic E-state index is -0.443. The van der Waals surface area contributed by atoms with E-state index in [-0.39, 0.29) is 6.61 Å². The highest BCUT2D eigenvalue weighted by Crippen LogP contribution is 2.30. The summed E-state index contributed by atoms with van der Waals surface area (Å²) in [5.41, 5.74) is 3.39. The van der Waals surface area contributed by atoms with Gasteiger partial charge in [0.1, 0.15) is 24.0 Å². The largest absolute Gasteiger partial charge is 0.493 e. The lowest BCUT2D eigenvalue weighted by Gasteiger charge is -2.11. The molecule has 0 aliphatic rings. The van der Waals surface area contributed by atoms with E-state index in [1.54, 1.807) is 25.3 Å². The summed E-state index contributed by atoms with van der Waals surface area (Å²) < 4.78 is 22.9. The molecule has 2 heterocycles. The first-order chi connectivity index (χ1) is 15.5. The van der Waals surface area contributed by atoms with Crippen molar-refractivity contribution in [2.24, 2.45) is 0 Å². The smallest absolute Gasteiger partial charge is 0.331 e. The number of carbonyl (C=O) groups excluding carboxylic acids is 1. The van der Waals surface area contributed by atoms with Gasteiger partial charge in [-0.2, -0.15) is 0 Å². The predicted octanol–water partition coefficient (Wildman–Crippen LogP) is 5.25. The summed E-state index contributed by atoms with van der Waals surface area (Å²) >= 11 is 1.51. The number of rotatable bonds is 8. The SMILES string of the molecule is COc1cc(C=CC(=O)OCc2nc3ccccc3s2)ccc1OCc1c(C)noc1C. The quantitative estimate of drug-likeness (QED) is 0.268.